The highest BCUT2D eigenvalue weighted by atomic mass is 32.1. The molecule has 3 aromatic rings. The van der Waals surface area contributed by atoms with E-state index >= 15 is 0 Å². The lowest BCUT2D eigenvalue weighted by Crippen LogP contribution is -2.42. The molecule has 6 nitrogen and oxygen atoms in total. The number of likely N-dealkylation sites (tertiary alicyclic amines) is 1. The summed E-state index contributed by atoms with van der Waals surface area (Å²) in [4.78, 5) is 35.6. The maximum atomic E-state index is 12.6. The van der Waals surface area contributed by atoms with Crippen LogP contribution in [0.25, 0.3) is 11.0 Å². The average Bonchev–Trinajstić information content (AvgIpc) is 3.12. The first-order chi connectivity index (χ1) is 12.2. The van der Waals surface area contributed by atoms with E-state index in [4.69, 9.17) is 0 Å². The second-order valence-electron chi connectivity index (χ2n) is 6.57. The number of hydrogen-bond donors (Lipinski definition) is 1. The smallest absolute Gasteiger partial charge is 0.305 e. The van der Waals surface area contributed by atoms with Crippen molar-refractivity contribution in [1.82, 2.24) is 19.4 Å². The maximum absolute atomic E-state index is 12.6. The van der Waals surface area contributed by atoms with Crippen molar-refractivity contribution in [2.24, 2.45) is 5.92 Å². The quantitative estimate of drug-likeness (QED) is 0.777. The predicted octanol–water partition coefficient (Wildman–Crippen LogP) is 2.06. The maximum Gasteiger partial charge on any atom is 0.328 e. The molecule has 1 aliphatic heterocycles. The fourth-order valence-electron chi connectivity index (χ4n) is 3.57. The van der Waals surface area contributed by atoms with Crippen molar-refractivity contribution in [3.8, 4) is 0 Å². The summed E-state index contributed by atoms with van der Waals surface area (Å²) < 4.78 is 1.31. The zero-order valence-electron chi connectivity index (χ0n) is 13.9. The third-order valence-corrected chi connectivity index (χ3v) is 5.61. The molecule has 0 aliphatic carbocycles. The van der Waals surface area contributed by atoms with Gasteiger partial charge >= 0.3 is 5.69 Å². The van der Waals surface area contributed by atoms with Crippen LogP contribution in [-0.4, -0.2) is 32.5 Å². The normalized spacial score (nSPS) is 18.6. The van der Waals surface area contributed by atoms with E-state index in [1.165, 1.54) is 9.44 Å². The molecule has 1 fully saturated rings. The molecule has 3 aromatic heterocycles. The predicted molar refractivity (Wildman–Crippen MR) is 98.9 cm³/mol. The van der Waals surface area contributed by atoms with Crippen LogP contribution in [0.15, 0.2) is 45.4 Å². The molecular formula is C18H20N4O2S. The van der Waals surface area contributed by atoms with Gasteiger partial charge < -0.3 is 4.98 Å². The second kappa shape index (κ2) is 6.93. The van der Waals surface area contributed by atoms with E-state index in [2.05, 4.69) is 32.4 Å². The fraction of sp³-hybridized carbons (Fsp3) is 0.389. The fourth-order valence-corrected chi connectivity index (χ4v) is 4.32. The van der Waals surface area contributed by atoms with Crippen LogP contribution in [0.2, 0.25) is 0 Å². The Balaban J connectivity index is 1.54. The van der Waals surface area contributed by atoms with E-state index in [1.807, 2.05) is 0 Å². The number of rotatable bonds is 4. The van der Waals surface area contributed by atoms with Crippen LogP contribution in [0.5, 0.6) is 0 Å². The number of fused-ring (bicyclic) bond motifs is 1. The molecule has 1 N–H and O–H groups in total. The highest BCUT2D eigenvalue weighted by molar-refractivity contribution is 7.09. The van der Waals surface area contributed by atoms with Crippen molar-refractivity contribution in [2.75, 3.05) is 13.1 Å². The van der Waals surface area contributed by atoms with Gasteiger partial charge in [0, 0.05) is 30.7 Å². The van der Waals surface area contributed by atoms with Gasteiger partial charge in [-0.3, -0.25) is 14.3 Å². The van der Waals surface area contributed by atoms with E-state index in [1.54, 1.807) is 29.7 Å². The number of nitrogens with one attached hydrogen (secondary N) is 1. The monoisotopic (exact) mass is 356 g/mol. The van der Waals surface area contributed by atoms with Crippen molar-refractivity contribution < 1.29 is 0 Å². The number of aromatic amines is 1. The van der Waals surface area contributed by atoms with E-state index < -0.39 is 0 Å². The third-order valence-electron chi connectivity index (χ3n) is 4.75. The molecule has 4 rings (SSSR count). The molecule has 0 amide bonds. The van der Waals surface area contributed by atoms with Crippen molar-refractivity contribution in [1.29, 1.82) is 0 Å². The summed E-state index contributed by atoms with van der Waals surface area (Å²) in [5.41, 5.74) is 0.181. The molecule has 0 bridgehead atoms. The number of thiophene rings is 1. The molecule has 7 heteroatoms. The van der Waals surface area contributed by atoms with Crippen LogP contribution >= 0.6 is 11.3 Å². The minimum absolute atomic E-state index is 0.297. The molecule has 1 saturated heterocycles. The number of aromatic nitrogens is 3. The first kappa shape index (κ1) is 16.2. The van der Waals surface area contributed by atoms with E-state index in [0.717, 1.165) is 32.5 Å². The van der Waals surface area contributed by atoms with Gasteiger partial charge in [-0.2, -0.15) is 0 Å². The molecule has 0 spiro atoms. The largest absolute Gasteiger partial charge is 0.328 e. The van der Waals surface area contributed by atoms with Crippen LogP contribution < -0.4 is 11.2 Å². The first-order valence-corrected chi connectivity index (χ1v) is 9.41. The number of pyridine rings is 1. The lowest BCUT2D eigenvalue weighted by Gasteiger charge is -2.32. The summed E-state index contributed by atoms with van der Waals surface area (Å²) in [6.45, 7) is 3.36. The highest BCUT2D eigenvalue weighted by Gasteiger charge is 2.22. The van der Waals surface area contributed by atoms with Gasteiger partial charge in [-0.25, -0.2) is 9.78 Å². The molecule has 0 aromatic carbocycles. The van der Waals surface area contributed by atoms with Gasteiger partial charge in [0.2, 0.25) is 0 Å². The number of H-pyrrole nitrogens is 1. The molecule has 25 heavy (non-hydrogen) atoms. The van der Waals surface area contributed by atoms with Crippen LogP contribution in [0.3, 0.4) is 0 Å². The molecule has 130 valence electrons. The molecule has 0 unspecified atom stereocenters. The first-order valence-electron chi connectivity index (χ1n) is 8.53. The Morgan fingerprint density at radius 2 is 2.20 bits per heavy atom. The standard InChI is InChI=1S/C18H20N4O2S/c23-17-16-15(6-1-7-19-16)20-18(24)22(17)11-13-4-2-8-21(10-13)12-14-5-3-9-25-14/h1,3,5-7,9,13H,2,4,8,10-12H2,(H,20,24)/t13-/m0/s1. The summed E-state index contributed by atoms with van der Waals surface area (Å²) in [6.07, 6.45) is 3.71. The lowest BCUT2D eigenvalue weighted by atomic mass is 9.98. The Hall–Kier alpha value is -2.25. The van der Waals surface area contributed by atoms with Crippen LogP contribution in [-0.2, 0) is 13.1 Å². The Morgan fingerprint density at radius 3 is 3.04 bits per heavy atom. The number of hydrogen-bond acceptors (Lipinski definition) is 5. The van der Waals surface area contributed by atoms with Gasteiger partial charge in [0.25, 0.3) is 5.56 Å². The molecule has 0 saturated carbocycles. The van der Waals surface area contributed by atoms with Crippen LogP contribution in [0.1, 0.15) is 17.7 Å². The van der Waals surface area contributed by atoms with Crippen LogP contribution in [0.4, 0.5) is 0 Å². The second-order valence-corrected chi connectivity index (χ2v) is 7.60. The zero-order valence-corrected chi connectivity index (χ0v) is 14.7. The molecule has 4 heterocycles. The molecule has 1 aliphatic rings. The summed E-state index contributed by atoms with van der Waals surface area (Å²) in [5, 5.41) is 2.10. The van der Waals surface area contributed by atoms with Gasteiger partial charge in [0.15, 0.2) is 5.52 Å². The molecule has 0 radical (unpaired) electrons. The number of nitrogens with zero attached hydrogens (tertiary/aromatic N) is 3. The Labute approximate surface area is 148 Å². The number of piperidine rings is 1. The van der Waals surface area contributed by atoms with E-state index in [9.17, 15) is 9.59 Å². The SMILES string of the molecule is O=c1[nH]c2cccnc2c(=O)n1C[C@H]1CCCN(Cc2cccs2)C1. The van der Waals surface area contributed by atoms with Gasteiger partial charge in [-0.05, 0) is 48.9 Å². The summed E-state index contributed by atoms with van der Waals surface area (Å²) in [5.74, 6) is 0.300. The Kier molecular flexibility index (Phi) is 4.50. The minimum atomic E-state index is -0.346. The Morgan fingerprint density at radius 1 is 1.28 bits per heavy atom. The zero-order chi connectivity index (χ0) is 17.2. The Bertz CT molecular complexity index is 977. The summed E-state index contributed by atoms with van der Waals surface area (Å²) in [6, 6.07) is 7.64. The molecular weight excluding hydrogens is 336 g/mol. The van der Waals surface area contributed by atoms with Crippen molar-refractivity contribution >= 4 is 22.4 Å². The topological polar surface area (TPSA) is 71.0 Å². The third kappa shape index (κ3) is 3.43. The minimum Gasteiger partial charge on any atom is -0.305 e. The average molecular weight is 356 g/mol. The van der Waals surface area contributed by atoms with Crippen molar-refractivity contribution in [3.63, 3.8) is 0 Å². The van der Waals surface area contributed by atoms with Crippen molar-refractivity contribution in [3.05, 3.63) is 61.6 Å². The van der Waals surface area contributed by atoms with Gasteiger partial charge in [0.1, 0.15) is 0 Å². The van der Waals surface area contributed by atoms with Crippen molar-refractivity contribution in [2.45, 2.75) is 25.9 Å². The summed E-state index contributed by atoms with van der Waals surface area (Å²) in [7, 11) is 0. The lowest BCUT2D eigenvalue weighted by molar-refractivity contribution is 0.155. The van der Waals surface area contributed by atoms with E-state index in [-0.39, 0.29) is 11.2 Å². The van der Waals surface area contributed by atoms with Gasteiger partial charge in [-0.1, -0.05) is 6.07 Å². The van der Waals surface area contributed by atoms with Gasteiger partial charge in [-0.15, -0.1) is 11.3 Å². The summed E-state index contributed by atoms with van der Waals surface area (Å²) >= 11 is 1.77. The van der Waals surface area contributed by atoms with E-state index in [0.29, 0.717) is 23.5 Å². The molecule has 1 atom stereocenters. The highest BCUT2D eigenvalue weighted by Crippen LogP contribution is 2.21. The van der Waals surface area contributed by atoms with Gasteiger partial charge in [0.05, 0.1) is 5.52 Å². The van der Waals surface area contributed by atoms with Crippen LogP contribution in [0, 0.1) is 5.92 Å².